The molecule has 15 heavy (non-hydrogen) atoms. The maximum absolute atomic E-state index is 8.32. The molecule has 0 atom stereocenters. The van der Waals surface area contributed by atoms with Crippen LogP contribution in [0, 0.1) is 0 Å². The zero-order valence-corrected chi connectivity index (χ0v) is 8.07. The maximum Gasteiger partial charge on any atom is 0.143 e. The van der Waals surface area contributed by atoms with Crippen LogP contribution in [0.3, 0.4) is 0 Å². The summed E-state index contributed by atoms with van der Waals surface area (Å²) in [4.78, 5) is 2.67. The van der Waals surface area contributed by atoms with E-state index in [0.717, 1.165) is 0 Å². The van der Waals surface area contributed by atoms with Gasteiger partial charge < -0.3 is 0 Å². The van der Waals surface area contributed by atoms with E-state index in [1.807, 2.05) is 0 Å². The smallest absolute Gasteiger partial charge is 0.143 e. The second-order valence-corrected chi connectivity index (χ2v) is 2.99. The predicted octanol–water partition coefficient (Wildman–Crippen LogP) is 2.26. The summed E-state index contributed by atoms with van der Waals surface area (Å²) in [7, 11) is 0. The molecule has 2 rings (SSSR count). The van der Waals surface area contributed by atoms with Gasteiger partial charge >= 0.3 is 0 Å². The van der Waals surface area contributed by atoms with Gasteiger partial charge in [-0.2, -0.15) is 0 Å². The Hall–Kier alpha value is -2.11. The van der Waals surface area contributed by atoms with Gasteiger partial charge in [-0.1, -0.05) is 16.7 Å². The Labute approximate surface area is 88.9 Å². The molecule has 0 aliphatic heterocycles. The van der Waals surface area contributed by atoms with Gasteiger partial charge in [0.2, 0.25) is 0 Å². The molecular formula is C7H4ClN7. The fourth-order valence-corrected chi connectivity index (χ4v) is 1.20. The van der Waals surface area contributed by atoms with E-state index >= 15 is 0 Å². The Bertz CT molecular complexity index is 514. The lowest BCUT2D eigenvalue weighted by molar-refractivity contribution is 0.789. The second kappa shape index (κ2) is 3.95. The summed E-state index contributed by atoms with van der Waals surface area (Å²) in [5.74, 6) is 0. The number of hydrogen-bond donors (Lipinski definition) is 0. The van der Waals surface area contributed by atoms with Crippen molar-refractivity contribution in [2.75, 3.05) is 0 Å². The Morgan fingerprint density at radius 3 is 3.00 bits per heavy atom. The molecule has 0 saturated carbocycles. The monoisotopic (exact) mass is 221 g/mol. The van der Waals surface area contributed by atoms with Gasteiger partial charge in [-0.25, -0.2) is 4.68 Å². The first-order valence-corrected chi connectivity index (χ1v) is 4.27. The van der Waals surface area contributed by atoms with Crippen molar-refractivity contribution in [2.24, 2.45) is 5.11 Å². The third kappa shape index (κ3) is 1.88. The van der Waals surface area contributed by atoms with Crippen LogP contribution in [0.4, 0.5) is 5.69 Å². The van der Waals surface area contributed by atoms with Crippen LogP contribution in [0.15, 0.2) is 29.6 Å². The molecular weight excluding hydrogens is 218 g/mol. The highest BCUT2D eigenvalue weighted by atomic mass is 35.5. The summed E-state index contributed by atoms with van der Waals surface area (Å²) < 4.78 is 1.44. The minimum Gasteiger partial charge on any atom is -0.201 e. The van der Waals surface area contributed by atoms with Crippen molar-refractivity contribution in [1.29, 1.82) is 0 Å². The highest BCUT2D eigenvalue weighted by molar-refractivity contribution is 6.33. The molecule has 0 saturated heterocycles. The molecule has 2 aromatic rings. The first-order chi connectivity index (χ1) is 7.31. The zero-order chi connectivity index (χ0) is 10.7. The molecule has 74 valence electrons. The number of azide groups is 1. The molecule has 1 aromatic carbocycles. The number of aromatic nitrogens is 4. The molecule has 1 aromatic heterocycles. The Balaban J connectivity index is 2.52. The zero-order valence-electron chi connectivity index (χ0n) is 7.32. The van der Waals surface area contributed by atoms with E-state index in [9.17, 15) is 0 Å². The first kappa shape index (κ1) is 9.45. The Morgan fingerprint density at radius 2 is 2.33 bits per heavy atom. The van der Waals surface area contributed by atoms with Crippen LogP contribution in [-0.2, 0) is 0 Å². The summed E-state index contributed by atoms with van der Waals surface area (Å²) in [6.45, 7) is 0. The molecule has 1 heterocycles. The minimum atomic E-state index is 0.340. The van der Waals surface area contributed by atoms with E-state index < -0.39 is 0 Å². The third-order valence-electron chi connectivity index (χ3n) is 1.70. The molecule has 7 nitrogen and oxygen atoms in total. The van der Waals surface area contributed by atoms with Crippen LogP contribution in [0.2, 0.25) is 5.02 Å². The second-order valence-electron chi connectivity index (χ2n) is 2.58. The van der Waals surface area contributed by atoms with Crippen molar-refractivity contribution in [3.8, 4) is 5.69 Å². The molecule has 0 radical (unpaired) electrons. The van der Waals surface area contributed by atoms with Gasteiger partial charge in [0.1, 0.15) is 6.33 Å². The molecule has 0 N–H and O–H groups in total. The third-order valence-corrected chi connectivity index (χ3v) is 2.02. The average Bonchev–Trinajstić information content (AvgIpc) is 2.75. The maximum atomic E-state index is 8.32. The topological polar surface area (TPSA) is 92.4 Å². The van der Waals surface area contributed by atoms with Gasteiger partial charge in [0.05, 0.1) is 16.4 Å². The van der Waals surface area contributed by atoms with Gasteiger partial charge in [-0.05, 0) is 34.2 Å². The van der Waals surface area contributed by atoms with Crippen molar-refractivity contribution >= 4 is 17.3 Å². The lowest BCUT2D eigenvalue weighted by Gasteiger charge is -2.01. The van der Waals surface area contributed by atoms with E-state index in [2.05, 4.69) is 25.6 Å². The largest absolute Gasteiger partial charge is 0.201 e. The number of nitrogens with zero attached hydrogens (tertiary/aromatic N) is 7. The summed E-state index contributed by atoms with van der Waals surface area (Å²) in [5.41, 5.74) is 9.33. The molecule has 0 aliphatic carbocycles. The van der Waals surface area contributed by atoms with Crippen LogP contribution in [0.5, 0.6) is 0 Å². The van der Waals surface area contributed by atoms with E-state index in [1.165, 1.54) is 11.0 Å². The van der Waals surface area contributed by atoms with Gasteiger partial charge in [0.25, 0.3) is 0 Å². The number of rotatable bonds is 2. The van der Waals surface area contributed by atoms with Crippen LogP contribution < -0.4 is 0 Å². The van der Waals surface area contributed by atoms with Crippen molar-refractivity contribution < 1.29 is 0 Å². The standard InChI is InChI=1S/C7H4ClN7/c8-6-2-1-5(3-7(6)11-12-9)15-4-10-13-14-15/h1-4H. The average molecular weight is 222 g/mol. The van der Waals surface area contributed by atoms with Gasteiger partial charge in [0, 0.05) is 4.91 Å². The van der Waals surface area contributed by atoms with Crippen LogP contribution in [0.1, 0.15) is 0 Å². The van der Waals surface area contributed by atoms with Crippen molar-refractivity contribution in [3.63, 3.8) is 0 Å². The van der Waals surface area contributed by atoms with E-state index in [1.54, 1.807) is 18.2 Å². The molecule has 0 bridgehead atoms. The fourth-order valence-electron chi connectivity index (χ4n) is 1.05. The SMILES string of the molecule is [N-]=[N+]=Nc1cc(-n2cnnn2)ccc1Cl. The lowest BCUT2D eigenvalue weighted by Crippen LogP contribution is -1.94. The van der Waals surface area contributed by atoms with Gasteiger partial charge in [0.15, 0.2) is 0 Å². The summed E-state index contributed by atoms with van der Waals surface area (Å²) >= 11 is 5.81. The van der Waals surface area contributed by atoms with E-state index in [4.69, 9.17) is 17.1 Å². The predicted molar refractivity (Wildman–Crippen MR) is 53.0 cm³/mol. The lowest BCUT2D eigenvalue weighted by atomic mass is 10.3. The van der Waals surface area contributed by atoms with Crippen LogP contribution >= 0.6 is 11.6 Å². The molecule has 0 spiro atoms. The molecule has 8 heteroatoms. The molecule has 0 aliphatic rings. The normalized spacial score (nSPS) is 9.67. The quantitative estimate of drug-likeness (QED) is 0.442. The van der Waals surface area contributed by atoms with Crippen molar-refractivity contribution in [3.05, 3.63) is 40.0 Å². The molecule has 0 unspecified atom stereocenters. The number of tetrazole rings is 1. The number of hydrogen-bond acceptors (Lipinski definition) is 4. The van der Waals surface area contributed by atoms with Crippen LogP contribution in [0.25, 0.3) is 16.1 Å². The van der Waals surface area contributed by atoms with Crippen LogP contribution in [-0.4, -0.2) is 20.2 Å². The number of benzene rings is 1. The van der Waals surface area contributed by atoms with E-state index in [0.29, 0.717) is 16.4 Å². The highest BCUT2D eigenvalue weighted by Gasteiger charge is 2.02. The highest BCUT2D eigenvalue weighted by Crippen LogP contribution is 2.27. The summed E-state index contributed by atoms with van der Waals surface area (Å²) in [5, 5.41) is 14.5. The van der Waals surface area contributed by atoms with Gasteiger partial charge in [-0.15, -0.1) is 5.10 Å². The summed E-state index contributed by atoms with van der Waals surface area (Å²) in [6.07, 6.45) is 1.43. The van der Waals surface area contributed by atoms with Crippen molar-refractivity contribution in [1.82, 2.24) is 20.2 Å². The minimum absolute atomic E-state index is 0.340. The van der Waals surface area contributed by atoms with E-state index in [-0.39, 0.29) is 0 Å². The first-order valence-electron chi connectivity index (χ1n) is 3.89. The van der Waals surface area contributed by atoms with Crippen molar-refractivity contribution in [2.45, 2.75) is 0 Å². The number of halogens is 1. The molecule has 0 fully saturated rings. The molecule has 0 amide bonds. The van der Waals surface area contributed by atoms with Gasteiger partial charge in [-0.3, -0.25) is 0 Å². The Kier molecular flexibility index (Phi) is 2.49. The summed E-state index contributed by atoms with van der Waals surface area (Å²) in [6, 6.07) is 4.93. The fraction of sp³-hybridized carbons (Fsp3) is 0. The Morgan fingerprint density at radius 1 is 1.47 bits per heavy atom.